The third-order valence-corrected chi connectivity index (χ3v) is 5.64. The first kappa shape index (κ1) is 21.7. The Bertz CT molecular complexity index is 1150. The average molecular weight is 437 g/mol. The summed E-state index contributed by atoms with van der Waals surface area (Å²) in [6.45, 7) is 3.04. The van der Waals surface area contributed by atoms with E-state index in [1.165, 1.54) is 25.3 Å². The number of nitrogens with zero attached hydrogens (tertiary/aromatic N) is 3. The summed E-state index contributed by atoms with van der Waals surface area (Å²) in [5, 5.41) is 0. The van der Waals surface area contributed by atoms with Crippen LogP contribution in [0.4, 0.5) is 8.78 Å². The standard InChI is InChI=1S/C25H25F2N3O2/c1-17-15-30(16-28-17)23-14-22(27)20(13-24(23)32-2)12-19-4-3-10-29(25(19)31)11-9-18-5-7-21(26)8-6-18/h5-8,12-16H,3-4,9-11H2,1-2H3. The van der Waals surface area contributed by atoms with Crippen molar-refractivity contribution in [2.45, 2.75) is 26.2 Å². The zero-order valence-corrected chi connectivity index (χ0v) is 18.1. The van der Waals surface area contributed by atoms with Crippen molar-refractivity contribution < 1.29 is 18.3 Å². The van der Waals surface area contributed by atoms with E-state index in [0.29, 0.717) is 48.5 Å². The highest BCUT2D eigenvalue weighted by Crippen LogP contribution is 2.29. The highest BCUT2D eigenvalue weighted by Gasteiger charge is 2.23. The van der Waals surface area contributed by atoms with Crippen LogP contribution in [0.3, 0.4) is 0 Å². The molecule has 1 aliphatic heterocycles. The first-order valence-electron chi connectivity index (χ1n) is 10.6. The van der Waals surface area contributed by atoms with Gasteiger partial charge in [-0.3, -0.25) is 4.79 Å². The number of imidazole rings is 1. The predicted octanol–water partition coefficient (Wildman–Crippen LogP) is 4.72. The van der Waals surface area contributed by atoms with Gasteiger partial charge in [-0.15, -0.1) is 0 Å². The molecule has 0 radical (unpaired) electrons. The molecule has 32 heavy (non-hydrogen) atoms. The average Bonchev–Trinajstić information content (AvgIpc) is 3.22. The molecule has 0 bridgehead atoms. The molecule has 1 saturated heterocycles. The molecule has 0 atom stereocenters. The molecule has 0 saturated carbocycles. The van der Waals surface area contributed by atoms with Gasteiger partial charge in [0, 0.05) is 36.5 Å². The van der Waals surface area contributed by atoms with Crippen LogP contribution >= 0.6 is 0 Å². The Labute approximate surface area is 186 Å². The van der Waals surface area contributed by atoms with E-state index < -0.39 is 5.82 Å². The molecular formula is C25H25F2N3O2. The maximum atomic E-state index is 15.0. The second kappa shape index (κ2) is 9.34. The van der Waals surface area contributed by atoms with Crippen molar-refractivity contribution in [2.75, 3.05) is 20.2 Å². The number of hydrogen-bond donors (Lipinski definition) is 0. The molecule has 0 aliphatic carbocycles. The molecule has 7 heteroatoms. The van der Waals surface area contributed by atoms with Crippen molar-refractivity contribution in [1.29, 1.82) is 0 Å². The summed E-state index contributed by atoms with van der Waals surface area (Å²) in [5.74, 6) is -0.311. The third-order valence-electron chi connectivity index (χ3n) is 5.64. The Morgan fingerprint density at radius 1 is 1.19 bits per heavy atom. The van der Waals surface area contributed by atoms with Crippen LogP contribution in [0, 0.1) is 18.6 Å². The number of methoxy groups -OCH3 is 1. The third kappa shape index (κ3) is 4.72. The van der Waals surface area contributed by atoms with Crippen LogP contribution in [0.15, 0.2) is 54.5 Å². The Balaban J connectivity index is 1.54. The zero-order valence-electron chi connectivity index (χ0n) is 18.1. The highest BCUT2D eigenvalue weighted by molar-refractivity contribution is 5.98. The minimum absolute atomic E-state index is 0.0916. The van der Waals surface area contributed by atoms with Gasteiger partial charge < -0.3 is 14.2 Å². The van der Waals surface area contributed by atoms with E-state index >= 15 is 0 Å². The number of likely N-dealkylation sites (tertiary alicyclic amines) is 1. The van der Waals surface area contributed by atoms with E-state index in [-0.39, 0.29) is 11.7 Å². The number of carbonyl (C=O) groups excluding carboxylic acids is 1. The first-order chi connectivity index (χ1) is 15.4. The van der Waals surface area contributed by atoms with E-state index in [9.17, 15) is 13.6 Å². The summed E-state index contributed by atoms with van der Waals surface area (Å²) in [6, 6.07) is 9.30. The molecule has 3 aromatic rings. The van der Waals surface area contributed by atoms with Crippen LogP contribution < -0.4 is 4.74 Å². The fourth-order valence-electron chi connectivity index (χ4n) is 3.91. The second-order valence-corrected chi connectivity index (χ2v) is 7.91. The van der Waals surface area contributed by atoms with E-state index in [4.69, 9.17) is 4.74 Å². The maximum absolute atomic E-state index is 15.0. The van der Waals surface area contributed by atoms with Gasteiger partial charge in [-0.1, -0.05) is 12.1 Å². The van der Waals surface area contributed by atoms with Crippen LogP contribution in [0.25, 0.3) is 11.8 Å². The van der Waals surface area contributed by atoms with Gasteiger partial charge in [0.1, 0.15) is 17.4 Å². The van der Waals surface area contributed by atoms with Gasteiger partial charge in [-0.05, 0) is 56.0 Å². The maximum Gasteiger partial charge on any atom is 0.249 e. The molecule has 1 amide bonds. The van der Waals surface area contributed by atoms with Crippen molar-refractivity contribution in [3.63, 3.8) is 0 Å². The minimum atomic E-state index is -0.434. The Morgan fingerprint density at radius 3 is 2.66 bits per heavy atom. The number of hydrogen-bond acceptors (Lipinski definition) is 3. The van der Waals surface area contributed by atoms with Crippen LogP contribution in [0.5, 0.6) is 5.75 Å². The molecule has 4 rings (SSSR count). The van der Waals surface area contributed by atoms with Gasteiger partial charge in [0.15, 0.2) is 0 Å². The minimum Gasteiger partial charge on any atom is -0.495 e. The van der Waals surface area contributed by atoms with Crippen molar-refractivity contribution in [3.8, 4) is 11.4 Å². The van der Waals surface area contributed by atoms with Crippen molar-refractivity contribution in [1.82, 2.24) is 14.5 Å². The topological polar surface area (TPSA) is 47.4 Å². The normalized spacial score (nSPS) is 15.4. The fraction of sp³-hybridized carbons (Fsp3) is 0.280. The smallest absolute Gasteiger partial charge is 0.249 e. The largest absolute Gasteiger partial charge is 0.495 e. The lowest BCUT2D eigenvalue weighted by atomic mass is 9.99. The molecule has 0 spiro atoms. The summed E-state index contributed by atoms with van der Waals surface area (Å²) in [7, 11) is 1.53. The fourth-order valence-corrected chi connectivity index (χ4v) is 3.91. The number of benzene rings is 2. The number of halogens is 2. The van der Waals surface area contributed by atoms with Crippen LogP contribution in [0.2, 0.25) is 0 Å². The molecule has 5 nitrogen and oxygen atoms in total. The number of piperidine rings is 1. The lowest BCUT2D eigenvalue weighted by molar-refractivity contribution is -0.128. The summed E-state index contributed by atoms with van der Waals surface area (Å²) >= 11 is 0. The molecule has 1 aromatic heterocycles. The van der Waals surface area contributed by atoms with E-state index in [2.05, 4.69) is 4.98 Å². The molecule has 1 fully saturated rings. The lowest BCUT2D eigenvalue weighted by Gasteiger charge is -2.28. The van der Waals surface area contributed by atoms with Crippen molar-refractivity contribution >= 4 is 12.0 Å². The zero-order chi connectivity index (χ0) is 22.7. The van der Waals surface area contributed by atoms with Crippen molar-refractivity contribution in [2.24, 2.45) is 0 Å². The molecule has 2 heterocycles. The van der Waals surface area contributed by atoms with Gasteiger partial charge in [-0.25, -0.2) is 13.8 Å². The van der Waals surface area contributed by atoms with Crippen LogP contribution in [-0.4, -0.2) is 40.6 Å². The summed E-state index contributed by atoms with van der Waals surface area (Å²) < 4.78 is 35.2. The lowest BCUT2D eigenvalue weighted by Crippen LogP contribution is -2.38. The number of carbonyl (C=O) groups is 1. The number of rotatable bonds is 6. The monoisotopic (exact) mass is 437 g/mol. The molecule has 0 N–H and O–H groups in total. The van der Waals surface area contributed by atoms with E-state index in [1.54, 1.807) is 46.3 Å². The second-order valence-electron chi connectivity index (χ2n) is 7.91. The summed E-state index contributed by atoms with van der Waals surface area (Å²) in [4.78, 5) is 18.9. The number of ether oxygens (including phenoxy) is 1. The quantitative estimate of drug-likeness (QED) is 0.525. The summed E-state index contributed by atoms with van der Waals surface area (Å²) in [5.41, 5.74) is 3.21. The molecule has 1 aliphatic rings. The van der Waals surface area contributed by atoms with Gasteiger partial charge in [0.25, 0.3) is 0 Å². The number of amides is 1. The van der Waals surface area contributed by atoms with Gasteiger partial charge >= 0.3 is 0 Å². The van der Waals surface area contributed by atoms with Gasteiger partial charge in [-0.2, -0.15) is 0 Å². The predicted molar refractivity (Wildman–Crippen MR) is 119 cm³/mol. The molecular weight excluding hydrogens is 412 g/mol. The Morgan fingerprint density at radius 2 is 1.97 bits per heavy atom. The Kier molecular flexibility index (Phi) is 6.35. The van der Waals surface area contributed by atoms with E-state index in [1.807, 2.05) is 6.92 Å². The van der Waals surface area contributed by atoms with Crippen LogP contribution in [0.1, 0.15) is 29.7 Å². The number of aryl methyl sites for hydroxylation is 1. The molecule has 166 valence electrons. The summed E-state index contributed by atoms with van der Waals surface area (Å²) in [6.07, 6.45) is 7.06. The van der Waals surface area contributed by atoms with Crippen LogP contribution in [-0.2, 0) is 11.2 Å². The van der Waals surface area contributed by atoms with Crippen molar-refractivity contribution in [3.05, 3.63) is 83.0 Å². The highest BCUT2D eigenvalue weighted by atomic mass is 19.1. The molecule has 0 unspecified atom stereocenters. The molecule has 2 aromatic carbocycles. The number of aromatic nitrogens is 2. The van der Waals surface area contributed by atoms with E-state index in [0.717, 1.165) is 17.7 Å². The first-order valence-corrected chi connectivity index (χ1v) is 10.6. The van der Waals surface area contributed by atoms with Gasteiger partial charge in [0.05, 0.1) is 24.8 Å². The SMILES string of the molecule is COc1cc(C=C2CCCN(CCc3ccc(F)cc3)C2=O)c(F)cc1-n1cnc(C)c1. The van der Waals surface area contributed by atoms with Gasteiger partial charge in [0.2, 0.25) is 5.91 Å². The Hall–Kier alpha value is -3.48.